The van der Waals surface area contributed by atoms with Gasteiger partial charge in [-0.3, -0.25) is 0 Å². The average molecular weight is 263 g/mol. The molecule has 18 heavy (non-hydrogen) atoms. The van der Waals surface area contributed by atoms with Gasteiger partial charge in [-0.25, -0.2) is 0 Å². The van der Waals surface area contributed by atoms with Crippen molar-refractivity contribution in [2.45, 2.75) is 19.4 Å². The molecular formula is C13H17N3OS. The van der Waals surface area contributed by atoms with Crippen LogP contribution in [0, 0.1) is 11.7 Å². The lowest BCUT2D eigenvalue weighted by molar-refractivity contribution is 0.187. The molecule has 1 aromatic carbocycles. The van der Waals surface area contributed by atoms with E-state index in [0.717, 1.165) is 11.4 Å². The molecule has 1 aromatic heterocycles. The SMILES string of the molecule is Cc1ccccc1NCC(O)Cc1c[nH]c(=S)[nH]1. The minimum absolute atomic E-state index is 0.453. The lowest BCUT2D eigenvalue weighted by atomic mass is 10.1. The smallest absolute Gasteiger partial charge is 0.174 e. The van der Waals surface area contributed by atoms with Crippen LogP contribution in [0.15, 0.2) is 30.5 Å². The van der Waals surface area contributed by atoms with Crippen LogP contribution in [-0.2, 0) is 6.42 Å². The second kappa shape index (κ2) is 5.84. The Bertz CT molecular complexity index is 561. The second-order valence-corrected chi connectivity index (χ2v) is 4.73. The topological polar surface area (TPSA) is 63.8 Å². The Morgan fingerprint density at radius 1 is 1.39 bits per heavy atom. The number of H-pyrrole nitrogens is 2. The summed E-state index contributed by atoms with van der Waals surface area (Å²) < 4.78 is 0.587. The van der Waals surface area contributed by atoms with Gasteiger partial charge in [0.25, 0.3) is 0 Å². The van der Waals surface area contributed by atoms with Crippen LogP contribution in [0.25, 0.3) is 0 Å². The van der Waals surface area contributed by atoms with E-state index in [9.17, 15) is 5.11 Å². The van der Waals surface area contributed by atoms with Crippen LogP contribution >= 0.6 is 12.2 Å². The number of para-hydroxylation sites is 1. The van der Waals surface area contributed by atoms with Gasteiger partial charge in [-0.05, 0) is 30.8 Å². The number of benzene rings is 1. The number of imidazole rings is 1. The van der Waals surface area contributed by atoms with E-state index in [-0.39, 0.29) is 0 Å². The van der Waals surface area contributed by atoms with Crippen LogP contribution in [0.5, 0.6) is 0 Å². The third kappa shape index (κ3) is 3.45. The van der Waals surface area contributed by atoms with Crippen molar-refractivity contribution in [3.63, 3.8) is 0 Å². The molecule has 96 valence electrons. The number of aromatic amines is 2. The predicted octanol–water partition coefficient (Wildman–Crippen LogP) is 2.40. The molecule has 4 N–H and O–H groups in total. The fourth-order valence-corrected chi connectivity index (χ4v) is 2.00. The second-order valence-electron chi connectivity index (χ2n) is 4.32. The van der Waals surface area contributed by atoms with E-state index in [4.69, 9.17) is 12.2 Å². The summed E-state index contributed by atoms with van der Waals surface area (Å²) in [5.74, 6) is 0. The number of hydrogen-bond donors (Lipinski definition) is 4. The lowest BCUT2D eigenvalue weighted by Gasteiger charge is -2.13. The van der Waals surface area contributed by atoms with Gasteiger partial charge >= 0.3 is 0 Å². The summed E-state index contributed by atoms with van der Waals surface area (Å²) in [5.41, 5.74) is 3.14. The molecule has 0 aliphatic heterocycles. The molecule has 0 aliphatic rings. The fourth-order valence-electron chi connectivity index (χ4n) is 1.81. The zero-order valence-electron chi connectivity index (χ0n) is 10.2. The highest BCUT2D eigenvalue weighted by Gasteiger charge is 2.07. The van der Waals surface area contributed by atoms with Crippen molar-refractivity contribution in [2.24, 2.45) is 0 Å². The molecule has 0 saturated carbocycles. The molecule has 2 aromatic rings. The van der Waals surface area contributed by atoms with E-state index in [0.29, 0.717) is 17.7 Å². The van der Waals surface area contributed by atoms with E-state index >= 15 is 0 Å². The molecular weight excluding hydrogens is 246 g/mol. The number of rotatable bonds is 5. The van der Waals surface area contributed by atoms with Crippen molar-refractivity contribution >= 4 is 17.9 Å². The van der Waals surface area contributed by atoms with Gasteiger partial charge in [0.05, 0.1) is 6.10 Å². The summed E-state index contributed by atoms with van der Waals surface area (Å²) in [6.07, 6.45) is 1.89. The van der Waals surface area contributed by atoms with Crippen molar-refractivity contribution in [3.8, 4) is 0 Å². The number of anilines is 1. The van der Waals surface area contributed by atoms with E-state index in [1.807, 2.05) is 31.2 Å². The van der Waals surface area contributed by atoms with Gasteiger partial charge in [-0.15, -0.1) is 0 Å². The van der Waals surface area contributed by atoms with Crippen LogP contribution in [0.4, 0.5) is 5.69 Å². The Morgan fingerprint density at radius 3 is 2.83 bits per heavy atom. The zero-order valence-corrected chi connectivity index (χ0v) is 11.1. The van der Waals surface area contributed by atoms with Crippen molar-refractivity contribution in [2.75, 3.05) is 11.9 Å². The van der Waals surface area contributed by atoms with Gasteiger partial charge in [0.2, 0.25) is 0 Å². The maximum Gasteiger partial charge on any atom is 0.174 e. The molecule has 0 spiro atoms. The molecule has 0 amide bonds. The van der Waals surface area contributed by atoms with E-state index in [1.54, 1.807) is 6.20 Å². The number of aliphatic hydroxyl groups is 1. The maximum absolute atomic E-state index is 9.93. The monoisotopic (exact) mass is 263 g/mol. The van der Waals surface area contributed by atoms with E-state index < -0.39 is 6.10 Å². The Balaban J connectivity index is 1.87. The quantitative estimate of drug-likeness (QED) is 0.626. The average Bonchev–Trinajstić information content (AvgIpc) is 2.74. The van der Waals surface area contributed by atoms with Crippen LogP contribution in [0.3, 0.4) is 0 Å². The summed E-state index contributed by atoms with van der Waals surface area (Å²) >= 11 is 4.94. The highest BCUT2D eigenvalue weighted by Crippen LogP contribution is 2.13. The maximum atomic E-state index is 9.93. The Labute approximate surface area is 111 Å². The molecule has 1 unspecified atom stereocenters. The minimum Gasteiger partial charge on any atom is -0.391 e. The minimum atomic E-state index is -0.453. The number of hydrogen-bond acceptors (Lipinski definition) is 3. The standard InChI is InChI=1S/C13H17N3OS/c1-9-4-2-3-5-12(9)14-8-11(17)6-10-7-15-13(18)16-10/h2-5,7,11,14,17H,6,8H2,1H3,(H2,15,16,18). The third-order valence-corrected chi connectivity index (χ3v) is 3.00. The van der Waals surface area contributed by atoms with Crippen molar-refractivity contribution in [1.82, 2.24) is 9.97 Å². The molecule has 0 aliphatic carbocycles. The normalized spacial score (nSPS) is 12.3. The van der Waals surface area contributed by atoms with Crippen LogP contribution < -0.4 is 5.32 Å². The highest BCUT2D eigenvalue weighted by atomic mass is 32.1. The lowest BCUT2D eigenvalue weighted by Crippen LogP contribution is -2.22. The molecule has 0 radical (unpaired) electrons. The summed E-state index contributed by atoms with van der Waals surface area (Å²) in [6.45, 7) is 2.55. The molecule has 1 atom stereocenters. The van der Waals surface area contributed by atoms with Crippen molar-refractivity contribution in [3.05, 3.63) is 46.5 Å². The molecule has 0 bridgehead atoms. The molecule has 2 rings (SSSR count). The Morgan fingerprint density at radius 2 is 2.17 bits per heavy atom. The summed E-state index contributed by atoms with van der Waals surface area (Å²) in [7, 11) is 0. The van der Waals surface area contributed by atoms with Gasteiger partial charge < -0.3 is 20.4 Å². The summed E-state index contributed by atoms with van der Waals surface area (Å²) in [6, 6.07) is 8.02. The number of nitrogens with one attached hydrogen (secondary N) is 3. The van der Waals surface area contributed by atoms with E-state index in [1.165, 1.54) is 5.56 Å². The first kappa shape index (κ1) is 12.9. The van der Waals surface area contributed by atoms with Crippen LogP contribution in [-0.4, -0.2) is 27.7 Å². The molecule has 0 fully saturated rings. The van der Waals surface area contributed by atoms with Gasteiger partial charge in [-0.1, -0.05) is 18.2 Å². The summed E-state index contributed by atoms with van der Waals surface area (Å²) in [4.78, 5) is 5.87. The fraction of sp³-hybridized carbons (Fsp3) is 0.308. The first-order valence-corrected chi connectivity index (χ1v) is 6.30. The zero-order chi connectivity index (χ0) is 13.0. The Kier molecular flexibility index (Phi) is 4.17. The molecule has 1 heterocycles. The largest absolute Gasteiger partial charge is 0.391 e. The first-order valence-electron chi connectivity index (χ1n) is 5.89. The third-order valence-electron chi connectivity index (χ3n) is 2.78. The number of aliphatic hydroxyl groups excluding tert-OH is 1. The van der Waals surface area contributed by atoms with Crippen molar-refractivity contribution in [1.29, 1.82) is 0 Å². The van der Waals surface area contributed by atoms with Crippen molar-refractivity contribution < 1.29 is 5.11 Å². The van der Waals surface area contributed by atoms with Gasteiger partial charge in [0, 0.05) is 30.5 Å². The Hall–Kier alpha value is -1.59. The molecule has 5 heteroatoms. The van der Waals surface area contributed by atoms with E-state index in [2.05, 4.69) is 15.3 Å². The van der Waals surface area contributed by atoms with Gasteiger partial charge in [0.15, 0.2) is 4.77 Å². The van der Waals surface area contributed by atoms with Gasteiger partial charge in [0.1, 0.15) is 0 Å². The molecule has 4 nitrogen and oxygen atoms in total. The molecule has 0 saturated heterocycles. The van der Waals surface area contributed by atoms with Crippen LogP contribution in [0.1, 0.15) is 11.3 Å². The summed E-state index contributed by atoms with van der Waals surface area (Å²) in [5, 5.41) is 13.2. The number of aryl methyl sites for hydroxylation is 1. The predicted molar refractivity (Wildman–Crippen MR) is 75.4 cm³/mol. The van der Waals surface area contributed by atoms with Gasteiger partial charge in [-0.2, -0.15) is 0 Å². The van der Waals surface area contributed by atoms with Crippen LogP contribution in [0.2, 0.25) is 0 Å². The number of aromatic nitrogens is 2. The first-order chi connectivity index (χ1) is 8.65. The highest BCUT2D eigenvalue weighted by molar-refractivity contribution is 7.71.